The van der Waals surface area contributed by atoms with Gasteiger partial charge in [-0.25, -0.2) is 5.01 Å². The number of amides is 3. The first-order valence-corrected chi connectivity index (χ1v) is 13.8. The van der Waals surface area contributed by atoms with E-state index in [1.807, 2.05) is 0 Å². The number of nitrogens with zero attached hydrogens (tertiary/aromatic N) is 3. The molecule has 8 nitrogen and oxygen atoms in total. The molecule has 1 saturated heterocycles. The minimum absolute atomic E-state index is 0.0688. The number of carbonyl (C=O) groups is 3. The van der Waals surface area contributed by atoms with Crippen LogP contribution in [0.1, 0.15) is 15.9 Å². The van der Waals surface area contributed by atoms with E-state index in [1.54, 1.807) is 0 Å². The molecule has 0 aromatic heterocycles. The SMILES string of the molecule is O=C(c1ccc([N+](=O)[O-])cc1)N(Cc1ccc(Cl)c(Cl)c1)N1C(=O)[C@@H]2[C@@H](C1=O)[C@@]1(Cl)C(Cl)=C(Cl)[C@@]2(Cl)C1(Cl)Cl. The molecule has 39 heavy (non-hydrogen) atoms. The Kier molecular flexibility index (Phi) is 7.09. The number of hydrogen-bond acceptors (Lipinski definition) is 5. The average molecular weight is 693 g/mol. The number of nitro benzene ring substituents is 1. The molecular formula is C23H11Cl8N3O5. The van der Waals surface area contributed by atoms with Crippen LogP contribution < -0.4 is 0 Å². The molecule has 3 aliphatic rings. The molecule has 0 spiro atoms. The highest BCUT2D eigenvalue weighted by atomic mass is 35.5. The fraction of sp³-hybridized carbons (Fsp3) is 0.261. The van der Waals surface area contributed by atoms with Crippen LogP contribution >= 0.6 is 92.8 Å². The van der Waals surface area contributed by atoms with Crippen LogP contribution in [-0.4, -0.2) is 46.7 Å². The van der Waals surface area contributed by atoms with Crippen molar-refractivity contribution in [3.63, 3.8) is 0 Å². The van der Waals surface area contributed by atoms with Crippen molar-refractivity contribution >= 4 is 116 Å². The van der Waals surface area contributed by atoms with Crippen molar-refractivity contribution < 1.29 is 19.3 Å². The van der Waals surface area contributed by atoms with Crippen LogP contribution in [0.15, 0.2) is 52.5 Å². The fourth-order valence-electron chi connectivity index (χ4n) is 5.14. The lowest BCUT2D eigenvalue weighted by Crippen LogP contribution is -2.55. The van der Waals surface area contributed by atoms with Crippen LogP contribution in [0.4, 0.5) is 5.69 Å². The molecule has 204 valence electrons. The van der Waals surface area contributed by atoms with Gasteiger partial charge < -0.3 is 0 Å². The van der Waals surface area contributed by atoms with Gasteiger partial charge in [0.15, 0.2) is 4.33 Å². The summed E-state index contributed by atoms with van der Waals surface area (Å²) < 4.78 is -2.15. The number of imide groups is 1. The summed E-state index contributed by atoms with van der Waals surface area (Å²) in [7, 11) is 0. The standard InChI is InChI=1S/C23H11Cl8N3O5/c24-12-6-1-9(7-13(12)25)8-32(18(35)10-2-4-11(5-3-10)34(38)39)33-19(36)14-15(20(33)37)22(29)17(27)16(26)21(14,28)23(22,30)31/h1-7,14-15H,8H2/t14-,15-,21+,22+/m0/s1. The van der Waals surface area contributed by atoms with Gasteiger partial charge in [0.2, 0.25) is 0 Å². The lowest BCUT2D eigenvalue weighted by Gasteiger charge is -2.37. The molecule has 5 rings (SSSR count). The Bertz CT molecular complexity index is 1470. The van der Waals surface area contributed by atoms with Crippen LogP contribution in [-0.2, 0) is 16.1 Å². The first-order chi connectivity index (χ1) is 18.1. The number of hydrazine groups is 1. The topological polar surface area (TPSA) is 101 Å². The summed E-state index contributed by atoms with van der Waals surface area (Å²) in [6.45, 7) is -0.351. The number of carbonyl (C=O) groups excluding carboxylic acids is 3. The van der Waals surface area contributed by atoms with Crippen LogP contribution in [0.2, 0.25) is 10.0 Å². The third kappa shape index (κ3) is 3.76. The van der Waals surface area contributed by atoms with Crippen LogP contribution in [0.5, 0.6) is 0 Å². The van der Waals surface area contributed by atoms with Crippen LogP contribution in [0.25, 0.3) is 0 Å². The van der Waals surface area contributed by atoms with E-state index in [4.69, 9.17) is 92.8 Å². The van der Waals surface area contributed by atoms with Crippen molar-refractivity contribution in [3.05, 3.63) is 83.8 Å². The van der Waals surface area contributed by atoms with Crippen LogP contribution in [0.3, 0.4) is 0 Å². The summed E-state index contributed by atoms with van der Waals surface area (Å²) in [5.74, 6) is -5.72. The molecule has 1 aliphatic heterocycles. The molecule has 2 aromatic rings. The molecule has 0 radical (unpaired) electrons. The third-order valence-electron chi connectivity index (χ3n) is 7.00. The monoisotopic (exact) mass is 689 g/mol. The van der Waals surface area contributed by atoms with Crippen molar-refractivity contribution in [3.8, 4) is 0 Å². The van der Waals surface area contributed by atoms with Gasteiger partial charge in [-0.15, -0.1) is 23.2 Å². The van der Waals surface area contributed by atoms with E-state index in [0.29, 0.717) is 10.6 Å². The summed E-state index contributed by atoms with van der Waals surface area (Å²) in [5, 5.41) is 12.3. The molecule has 3 amide bonds. The van der Waals surface area contributed by atoms with Gasteiger partial charge in [-0.1, -0.05) is 75.7 Å². The Hall–Kier alpha value is -1.49. The number of non-ortho nitro benzene ring substituents is 1. The summed E-state index contributed by atoms with van der Waals surface area (Å²) >= 11 is 51.5. The Morgan fingerprint density at radius 3 is 1.85 bits per heavy atom. The van der Waals surface area contributed by atoms with E-state index in [-0.39, 0.29) is 37.9 Å². The second kappa shape index (κ2) is 9.53. The van der Waals surface area contributed by atoms with E-state index in [0.717, 1.165) is 17.1 Å². The lowest BCUT2D eigenvalue weighted by atomic mass is 9.84. The number of alkyl halides is 4. The number of benzene rings is 2. The molecule has 2 aliphatic carbocycles. The van der Waals surface area contributed by atoms with Crippen LogP contribution in [0, 0.1) is 22.0 Å². The average Bonchev–Trinajstić information content (AvgIpc) is 3.27. The molecule has 4 atom stereocenters. The largest absolute Gasteiger partial charge is 0.273 e. The lowest BCUT2D eigenvalue weighted by molar-refractivity contribution is -0.384. The summed E-state index contributed by atoms with van der Waals surface area (Å²) in [4.78, 5) is 47.8. The van der Waals surface area contributed by atoms with E-state index in [2.05, 4.69) is 0 Å². The second-order valence-electron chi connectivity index (χ2n) is 8.98. The molecular weight excluding hydrogens is 682 g/mol. The van der Waals surface area contributed by atoms with Crippen molar-refractivity contribution in [2.75, 3.05) is 0 Å². The zero-order valence-electron chi connectivity index (χ0n) is 18.8. The number of rotatable bonds is 5. The number of allylic oxidation sites excluding steroid dienone is 2. The van der Waals surface area contributed by atoms with Gasteiger partial charge in [0.25, 0.3) is 23.4 Å². The number of halogens is 8. The van der Waals surface area contributed by atoms with E-state index in [1.165, 1.54) is 30.3 Å². The molecule has 0 N–H and O–H groups in total. The van der Waals surface area contributed by atoms with Gasteiger partial charge in [-0.05, 0) is 29.8 Å². The highest BCUT2D eigenvalue weighted by molar-refractivity contribution is 6.66. The third-order valence-corrected chi connectivity index (χ3v) is 12.0. The number of nitro groups is 1. The maximum atomic E-state index is 13.9. The molecule has 16 heteroatoms. The van der Waals surface area contributed by atoms with Gasteiger partial charge in [-0.2, -0.15) is 5.01 Å². The molecule has 0 unspecified atom stereocenters. The predicted molar refractivity (Wildman–Crippen MR) is 149 cm³/mol. The molecule has 1 heterocycles. The highest BCUT2D eigenvalue weighted by Crippen LogP contribution is 2.77. The molecule has 2 fully saturated rings. The zero-order valence-corrected chi connectivity index (χ0v) is 24.9. The molecule has 1 saturated carbocycles. The molecule has 2 aromatic carbocycles. The van der Waals surface area contributed by atoms with Crippen molar-refractivity contribution in [2.45, 2.75) is 20.6 Å². The minimum Gasteiger partial charge on any atom is -0.272 e. The Morgan fingerprint density at radius 2 is 1.38 bits per heavy atom. The number of fused-ring (bicyclic) bond motifs is 5. The van der Waals surface area contributed by atoms with E-state index in [9.17, 15) is 24.5 Å². The van der Waals surface area contributed by atoms with Gasteiger partial charge >= 0.3 is 0 Å². The second-order valence-corrected chi connectivity index (χ2v) is 13.1. The van der Waals surface area contributed by atoms with Gasteiger partial charge in [-0.3, -0.25) is 24.5 Å². The quantitative estimate of drug-likeness (QED) is 0.147. The fourth-order valence-corrected chi connectivity index (χ4v) is 8.39. The normalized spacial score (nSPS) is 28.8. The van der Waals surface area contributed by atoms with Crippen molar-refractivity contribution in [2.24, 2.45) is 11.8 Å². The summed E-state index contributed by atoms with van der Waals surface area (Å²) in [6, 6.07) is 9.02. The van der Waals surface area contributed by atoms with Crippen molar-refractivity contribution in [1.29, 1.82) is 0 Å². The van der Waals surface area contributed by atoms with Gasteiger partial charge in [0, 0.05) is 17.7 Å². The Labute approximate surface area is 260 Å². The first-order valence-electron chi connectivity index (χ1n) is 10.8. The minimum atomic E-state index is -2.15. The van der Waals surface area contributed by atoms with Crippen molar-refractivity contribution in [1.82, 2.24) is 10.0 Å². The van der Waals surface area contributed by atoms with E-state index >= 15 is 0 Å². The summed E-state index contributed by atoms with van der Waals surface area (Å²) in [5.41, 5.74) is 0.0477. The first kappa shape index (κ1) is 29.0. The molecule has 2 bridgehead atoms. The Morgan fingerprint density at radius 1 is 0.872 bits per heavy atom. The zero-order chi connectivity index (χ0) is 28.8. The maximum Gasteiger partial charge on any atom is 0.273 e. The smallest absolute Gasteiger partial charge is 0.272 e. The van der Waals surface area contributed by atoms with E-state index < -0.39 is 48.6 Å². The highest BCUT2D eigenvalue weighted by Gasteiger charge is 2.88. The summed E-state index contributed by atoms with van der Waals surface area (Å²) in [6.07, 6.45) is 0. The Balaban J connectivity index is 1.61. The van der Waals surface area contributed by atoms with Gasteiger partial charge in [0.05, 0.1) is 43.4 Å². The van der Waals surface area contributed by atoms with Gasteiger partial charge in [0.1, 0.15) is 9.75 Å². The number of hydrogen-bond donors (Lipinski definition) is 0. The predicted octanol–water partition coefficient (Wildman–Crippen LogP) is 6.91. The maximum absolute atomic E-state index is 13.9.